The van der Waals surface area contributed by atoms with Gasteiger partial charge < -0.3 is 0 Å². The molecule has 0 aliphatic carbocycles. The lowest BCUT2D eigenvalue weighted by Crippen LogP contribution is -2.06. The van der Waals surface area contributed by atoms with Gasteiger partial charge in [0.05, 0.1) is 0 Å². The van der Waals surface area contributed by atoms with Crippen LogP contribution in [0.2, 0.25) is 0 Å². The van der Waals surface area contributed by atoms with Crippen molar-refractivity contribution in [3.63, 3.8) is 0 Å². The molecule has 0 heterocycles. The zero-order chi connectivity index (χ0) is 11.7. The third-order valence-electron chi connectivity index (χ3n) is 1.68. The summed E-state index contributed by atoms with van der Waals surface area (Å²) in [6.07, 6.45) is 0. The van der Waals surface area contributed by atoms with Gasteiger partial charge in [-0.2, -0.15) is 0 Å². The summed E-state index contributed by atoms with van der Waals surface area (Å²) in [6.45, 7) is 0. The van der Waals surface area contributed by atoms with E-state index in [2.05, 4.69) is 0 Å². The minimum absolute atomic E-state index is 0.540. The minimum atomic E-state index is -2.24. The maximum absolute atomic E-state index is 12.9. The van der Waals surface area contributed by atoms with Gasteiger partial charge in [0.25, 0.3) is 0 Å². The maximum atomic E-state index is 12.9. The fourth-order valence-electron chi connectivity index (χ4n) is 0.942. The summed E-state index contributed by atoms with van der Waals surface area (Å²) in [6, 6.07) is 0. The molecule has 0 bridgehead atoms. The first-order chi connectivity index (χ1) is 6.91. The minimum Gasteiger partial charge on any atom is -0.203 e. The van der Waals surface area contributed by atoms with Crippen molar-refractivity contribution in [3.8, 4) is 0 Å². The number of rotatable bonds is 1. The molecular formula is C8HB2F5. The van der Waals surface area contributed by atoms with Crippen LogP contribution in [0.3, 0.4) is 0 Å². The highest BCUT2D eigenvalue weighted by atomic mass is 19.2. The van der Waals surface area contributed by atoms with E-state index < -0.39 is 40.1 Å². The van der Waals surface area contributed by atoms with Crippen molar-refractivity contribution >= 4 is 21.2 Å². The van der Waals surface area contributed by atoms with Gasteiger partial charge in [0.15, 0.2) is 23.3 Å². The second-order valence-corrected chi connectivity index (χ2v) is 2.57. The molecule has 0 amide bonds. The molecule has 1 rings (SSSR count). The molecule has 0 spiro atoms. The first-order valence-electron chi connectivity index (χ1n) is 3.61. The predicted octanol–water partition coefficient (Wildman–Crippen LogP) is 2.02. The molecule has 0 saturated heterocycles. The van der Waals surface area contributed by atoms with Crippen molar-refractivity contribution in [1.82, 2.24) is 0 Å². The van der Waals surface area contributed by atoms with Gasteiger partial charge in [-0.15, -0.1) is 5.98 Å². The van der Waals surface area contributed by atoms with E-state index in [9.17, 15) is 22.0 Å². The van der Waals surface area contributed by atoms with Gasteiger partial charge in [-0.25, -0.2) is 22.0 Å². The molecular weight excluding hydrogens is 213 g/mol. The van der Waals surface area contributed by atoms with Crippen LogP contribution < -0.4 is 0 Å². The lowest BCUT2D eigenvalue weighted by Gasteiger charge is -2.08. The van der Waals surface area contributed by atoms with Crippen molar-refractivity contribution in [3.05, 3.63) is 40.6 Å². The second kappa shape index (κ2) is 4.08. The predicted molar refractivity (Wildman–Crippen MR) is 45.7 cm³/mol. The van der Waals surface area contributed by atoms with Crippen molar-refractivity contribution in [2.75, 3.05) is 0 Å². The van der Waals surface area contributed by atoms with Crippen molar-refractivity contribution in [2.24, 2.45) is 0 Å². The molecule has 0 unspecified atom stereocenters. The molecule has 15 heavy (non-hydrogen) atoms. The van der Waals surface area contributed by atoms with Crippen LogP contribution >= 0.6 is 0 Å². The van der Waals surface area contributed by atoms with E-state index in [1.807, 2.05) is 0 Å². The van der Waals surface area contributed by atoms with E-state index in [1.54, 1.807) is 0 Å². The second-order valence-electron chi connectivity index (χ2n) is 2.57. The quantitative estimate of drug-likeness (QED) is 0.290. The monoisotopic (exact) mass is 214 g/mol. The van der Waals surface area contributed by atoms with E-state index in [0.29, 0.717) is 5.98 Å². The van der Waals surface area contributed by atoms with Crippen LogP contribution in [-0.2, 0) is 0 Å². The average Bonchev–Trinajstić information content (AvgIpc) is 2.23. The van der Waals surface area contributed by atoms with E-state index >= 15 is 0 Å². The molecule has 4 radical (unpaired) electrons. The van der Waals surface area contributed by atoms with Gasteiger partial charge >= 0.3 is 0 Å². The summed E-state index contributed by atoms with van der Waals surface area (Å²) in [4.78, 5) is 0. The molecule has 1 aromatic rings. The molecule has 0 fully saturated rings. The fourth-order valence-corrected chi connectivity index (χ4v) is 0.942. The molecule has 1 aromatic carbocycles. The van der Waals surface area contributed by atoms with Gasteiger partial charge in [0.1, 0.15) is 15.7 Å². The Morgan fingerprint density at radius 2 is 1.13 bits per heavy atom. The first kappa shape index (κ1) is 11.8. The van der Waals surface area contributed by atoms with E-state index in [4.69, 9.17) is 15.7 Å². The topological polar surface area (TPSA) is 0 Å². The molecule has 0 N–H and O–H groups in total. The molecule has 0 aliphatic heterocycles. The van der Waals surface area contributed by atoms with Crippen LogP contribution in [-0.4, -0.2) is 15.7 Å². The molecule has 0 saturated carbocycles. The van der Waals surface area contributed by atoms with Crippen LogP contribution in [0.1, 0.15) is 5.56 Å². The maximum Gasteiger partial charge on any atom is 0.200 e. The highest BCUT2D eigenvalue weighted by Crippen LogP contribution is 2.26. The van der Waals surface area contributed by atoms with Crippen molar-refractivity contribution < 1.29 is 22.0 Å². The summed E-state index contributed by atoms with van der Waals surface area (Å²) in [5, 5.41) is 0. The Morgan fingerprint density at radius 3 is 1.47 bits per heavy atom. The normalized spacial score (nSPS) is 11.9. The molecule has 0 aliphatic rings. The first-order valence-corrected chi connectivity index (χ1v) is 3.61. The molecule has 74 valence electrons. The Balaban J connectivity index is 3.67. The lowest BCUT2D eigenvalue weighted by atomic mass is 9.83. The molecule has 0 atom stereocenters. The highest BCUT2D eigenvalue weighted by Gasteiger charge is 2.25. The highest BCUT2D eigenvalue weighted by molar-refractivity contribution is 6.46. The third-order valence-corrected chi connectivity index (χ3v) is 1.68. The molecule has 0 aromatic heterocycles. The van der Waals surface area contributed by atoms with Crippen LogP contribution in [0.25, 0.3) is 5.47 Å². The van der Waals surface area contributed by atoms with Crippen LogP contribution in [0.15, 0.2) is 5.98 Å². The average molecular weight is 214 g/mol. The number of hydrogen-bond donors (Lipinski definition) is 0. The summed E-state index contributed by atoms with van der Waals surface area (Å²) in [5.41, 5.74) is -1.96. The van der Waals surface area contributed by atoms with Gasteiger partial charge in [0.2, 0.25) is 5.82 Å². The zero-order valence-electron chi connectivity index (χ0n) is 7.12. The Bertz CT molecular complexity index is 412. The molecule has 7 heteroatoms. The van der Waals surface area contributed by atoms with Gasteiger partial charge in [0, 0.05) is 5.56 Å². The summed E-state index contributed by atoms with van der Waals surface area (Å²) >= 11 is 0. The van der Waals surface area contributed by atoms with Gasteiger partial charge in [-0.1, -0.05) is 5.47 Å². The standard InChI is InChI=1S/C8HB2F5/c9-1-2(10)3-4(11)6(13)8(15)7(14)5(3)12/h1H/b2-1-. The zero-order valence-corrected chi connectivity index (χ0v) is 7.12. The van der Waals surface area contributed by atoms with Crippen molar-refractivity contribution in [2.45, 2.75) is 0 Å². The van der Waals surface area contributed by atoms with E-state index in [0.717, 1.165) is 0 Å². The number of hydrogen-bond acceptors (Lipinski definition) is 0. The van der Waals surface area contributed by atoms with Gasteiger partial charge in [-0.3, -0.25) is 0 Å². The van der Waals surface area contributed by atoms with Crippen molar-refractivity contribution in [1.29, 1.82) is 0 Å². The SMILES string of the molecule is [B]/C=C(\[B])c1c(F)c(F)c(F)c(F)c1F. The third kappa shape index (κ3) is 1.78. The van der Waals surface area contributed by atoms with E-state index in [1.165, 1.54) is 0 Å². The largest absolute Gasteiger partial charge is 0.203 e. The Morgan fingerprint density at radius 1 is 0.800 bits per heavy atom. The number of benzene rings is 1. The smallest absolute Gasteiger partial charge is 0.200 e. The van der Waals surface area contributed by atoms with E-state index in [-0.39, 0.29) is 0 Å². The van der Waals surface area contributed by atoms with Crippen LogP contribution in [0.4, 0.5) is 22.0 Å². The summed E-state index contributed by atoms with van der Waals surface area (Å²) in [7, 11) is 9.81. The van der Waals surface area contributed by atoms with Gasteiger partial charge in [-0.05, 0) is 0 Å². The number of halogens is 5. The fraction of sp³-hybridized carbons (Fsp3) is 0. The molecule has 0 nitrogen and oxygen atoms in total. The Labute approximate surface area is 84.6 Å². The van der Waals surface area contributed by atoms with Crippen LogP contribution in [0.5, 0.6) is 0 Å². The summed E-state index contributed by atoms with van der Waals surface area (Å²) in [5.74, 6) is -9.84. The van der Waals surface area contributed by atoms with Crippen LogP contribution in [0, 0.1) is 29.1 Å². The Kier molecular flexibility index (Phi) is 3.21. The summed E-state index contributed by atoms with van der Waals surface area (Å²) < 4.78 is 63.7. The lowest BCUT2D eigenvalue weighted by molar-refractivity contribution is 0.376. The Hall–Kier alpha value is -1.26.